The monoisotopic (exact) mass is 223 g/mol. The van der Waals surface area contributed by atoms with E-state index in [1.807, 2.05) is 0 Å². The van der Waals surface area contributed by atoms with Crippen LogP contribution in [0.5, 0.6) is 0 Å². The number of hydrogen-bond donors (Lipinski definition) is 1. The summed E-state index contributed by atoms with van der Waals surface area (Å²) in [5, 5.41) is 0. The predicted octanol–water partition coefficient (Wildman–Crippen LogP) is 1.55. The highest BCUT2D eigenvalue weighted by Crippen LogP contribution is 2.23. The normalized spacial score (nSPS) is 22.1. The standard InChI is InChI=1S/C12H21N3O/c1-9(2)15-5-3-4-10(15)6-12-14-8-11(7-13)16-12/h8-10H,3-7,13H2,1-2H3. The zero-order chi connectivity index (χ0) is 11.5. The van der Waals surface area contributed by atoms with Gasteiger partial charge in [-0.15, -0.1) is 0 Å². The van der Waals surface area contributed by atoms with Gasteiger partial charge < -0.3 is 10.2 Å². The Bertz CT molecular complexity index is 335. The molecule has 4 heteroatoms. The first kappa shape index (κ1) is 11.6. The maximum absolute atomic E-state index is 5.56. The number of oxazole rings is 1. The molecule has 2 heterocycles. The zero-order valence-electron chi connectivity index (χ0n) is 10.1. The first-order chi connectivity index (χ1) is 7.70. The summed E-state index contributed by atoms with van der Waals surface area (Å²) >= 11 is 0. The van der Waals surface area contributed by atoms with E-state index in [0.29, 0.717) is 18.6 Å². The Morgan fingerprint density at radius 3 is 3.06 bits per heavy atom. The fraction of sp³-hybridized carbons (Fsp3) is 0.750. The van der Waals surface area contributed by atoms with Gasteiger partial charge >= 0.3 is 0 Å². The molecule has 1 atom stereocenters. The average molecular weight is 223 g/mol. The molecular formula is C12H21N3O. The summed E-state index contributed by atoms with van der Waals surface area (Å²) in [6, 6.07) is 1.20. The Morgan fingerprint density at radius 1 is 1.62 bits per heavy atom. The van der Waals surface area contributed by atoms with Crippen molar-refractivity contribution < 1.29 is 4.42 Å². The second-order valence-electron chi connectivity index (χ2n) is 4.76. The molecule has 1 fully saturated rings. The molecule has 90 valence electrons. The summed E-state index contributed by atoms with van der Waals surface area (Å²) in [4.78, 5) is 6.81. The largest absolute Gasteiger partial charge is 0.444 e. The van der Waals surface area contributed by atoms with Crippen molar-refractivity contribution in [3.8, 4) is 0 Å². The van der Waals surface area contributed by atoms with Crippen LogP contribution in [0.25, 0.3) is 0 Å². The highest BCUT2D eigenvalue weighted by atomic mass is 16.4. The summed E-state index contributed by atoms with van der Waals surface area (Å²) in [6.45, 7) is 6.14. The molecule has 1 aromatic rings. The first-order valence-electron chi connectivity index (χ1n) is 6.10. The van der Waals surface area contributed by atoms with Crippen LogP contribution in [-0.4, -0.2) is 28.5 Å². The second kappa shape index (κ2) is 4.97. The van der Waals surface area contributed by atoms with Crippen LogP contribution in [0.3, 0.4) is 0 Å². The molecule has 0 saturated carbocycles. The van der Waals surface area contributed by atoms with Crippen molar-refractivity contribution in [2.24, 2.45) is 5.73 Å². The number of likely N-dealkylation sites (tertiary alicyclic amines) is 1. The van der Waals surface area contributed by atoms with Gasteiger partial charge in [-0.1, -0.05) is 0 Å². The molecular weight excluding hydrogens is 202 g/mol. The fourth-order valence-corrected chi connectivity index (χ4v) is 2.50. The van der Waals surface area contributed by atoms with Crippen molar-refractivity contribution in [3.63, 3.8) is 0 Å². The van der Waals surface area contributed by atoms with Crippen LogP contribution in [0.2, 0.25) is 0 Å². The Morgan fingerprint density at radius 2 is 2.44 bits per heavy atom. The molecule has 2 rings (SSSR count). The van der Waals surface area contributed by atoms with Gasteiger partial charge in [-0.2, -0.15) is 0 Å². The molecule has 0 aromatic carbocycles. The number of hydrogen-bond acceptors (Lipinski definition) is 4. The summed E-state index contributed by atoms with van der Waals surface area (Å²) < 4.78 is 5.56. The van der Waals surface area contributed by atoms with Crippen LogP contribution in [0.15, 0.2) is 10.6 Å². The second-order valence-corrected chi connectivity index (χ2v) is 4.76. The van der Waals surface area contributed by atoms with E-state index in [4.69, 9.17) is 10.2 Å². The third-order valence-electron chi connectivity index (χ3n) is 3.30. The Hall–Kier alpha value is -0.870. The number of aromatic nitrogens is 1. The van der Waals surface area contributed by atoms with Crippen molar-refractivity contribution in [2.45, 2.75) is 51.7 Å². The average Bonchev–Trinajstić information content (AvgIpc) is 2.87. The summed E-state index contributed by atoms with van der Waals surface area (Å²) in [6.07, 6.45) is 5.19. The lowest BCUT2D eigenvalue weighted by Gasteiger charge is -2.27. The minimum atomic E-state index is 0.436. The maximum atomic E-state index is 5.56. The van der Waals surface area contributed by atoms with Crippen LogP contribution in [-0.2, 0) is 13.0 Å². The molecule has 0 spiro atoms. The molecule has 0 radical (unpaired) electrons. The Labute approximate surface area is 96.8 Å². The van der Waals surface area contributed by atoms with Gasteiger partial charge in [0.25, 0.3) is 0 Å². The van der Waals surface area contributed by atoms with Crippen LogP contribution in [0.1, 0.15) is 38.3 Å². The SMILES string of the molecule is CC(C)N1CCCC1Cc1ncc(CN)o1. The van der Waals surface area contributed by atoms with E-state index in [-0.39, 0.29) is 0 Å². The maximum Gasteiger partial charge on any atom is 0.195 e. The van der Waals surface area contributed by atoms with E-state index < -0.39 is 0 Å². The highest BCUT2D eigenvalue weighted by molar-refractivity contribution is 4.97. The number of nitrogens with two attached hydrogens (primary N) is 1. The topological polar surface area (TPSA) is 55.3 Å². The molecule has 0 amide bonds. The van der Waals surface area contributed by atoms with Gasteiger partial charge in [0.05, 0.1) is 12.7 Å². The van der Waals surface area contributed by atoms with Crippen molar-refractivity contribution in [1.29, 1.82) is 0 Å². The van der Waals surface area contributed by atoms with E-state index in [0.717, 1.165) is 18.1 Å². The van der Waals surface area contributed by atoms with E-state index >= 15 is 0 Å². The summed E-state index contributed by atoms with van der Waals surface area (Å²) in [5.74, 6) is 1.61. The number of nitrogens with zero attached hydrogens (tertiary/aromatic N) is 2. The van der Waals surface area contributed by atoms with Gasteiger partial charge in [0, 0.05) is 18.5 Å². The van der Waals surface area contributed by atoms with Gasteiger partial charge in [0.15, 0.2) is 5.89 Å². The van der Waals surface area contributed by atoms with Gasteiger partial charge in [-0.3, -0.25) is 4.90 Å². The zero-order valence-corrected chi connectivity index (χ0v) is 10.1. The molecule has 16 heavy (non-hydrogen) atoms. The lowest BCUT2D eigenvalue weighted by Crippen LogP contribution is -2.36. The minimum absolute atomic E-state index is 0.436. The van der Waals surface area contributed by atoms with Crippen molar-refractivity contribution >= 4 is 0 Å². The van der Waals surface area contributed by atoms with Crippen molar-refractivity contribution in [1.82, 2.24) is 9.88 Å². The summed E-state index contributed by atoms with van der Waals surface area (Å²) in [7, 11) is 0. The van der Waals surface area contributed by atoms with Crippen LogP contribution in [0, 0.1) is 0 Å². The Kier molecular flexibility index (Phi) is 3.61. The van der Waals surface area contributed by atoms with Crippen molar-refractivity contribution in [3.05, 3.63) is 17.8 Å². The number of rotatable bonds is 4. The molecule has 2 N–H and O–H groups in total. The lowest BCUT2D eigenvalue weighted by atomic mass is 10.1. The molecule has 1 aromatic heterocycles. The Balaban J connectivity index is 1.98. The molecule has 1 unspecified atom stereocenters. The first-order valence-corrected chi connectivity index (χ1v) is 6.10. The van der Waals surface area contributed by atoms with E-state index in [9.17, 15) is 0 Å². The van der Waals surface area contributed by atoms with Crippen LogP contribution < -0.4 is 5.73 Å². The van der Waals surface area contributed by atoms with Crippen LogP contribution >= 0.6 is 0 Å². The van der Waals surface area contributed by atoms with Gasteiger partial charge in [-0.25, -0.2) is 4.98 Å². The van der Waals surface area contributed by atoms with Crippen molar-refractivity contribution in [2.75, 3.05) is 6.54 Å². The quantitative estimate of drug-likeness (QED) is 0.841. The third kappa shape index (κ3) is 2.44. The van der Waals surface area contributed by atoms with E-state index in [1.165, 1.54) is 19.4 Å². The summed E-state index contributed by atoms with van der Waals surface area (Å²) in [5.41, 5.74) is 5.50. The fourth-order valence-electron chi connectivity index (χ4n) is 2.50. The van der Waals surface area contributed by atoms with Gasteiger partial charge in [0.1, 0.15) is 5.76 Å². The molecule has 1 aliphatic rings. The minimum Gasteiger partial charge on any atom is -0.444 e. The molecule has 1 saturated heterocycles. The van der Waals surface area contributed by atoms with Gasteiger partial charge in [-0.05, 0) is 33.2 Å². The molecule has 0 bridgehead atoms. The van der Waals surface area contributed by atoms with E-state index in [2.05, 4.69) is 23.7 Å². The molecule has 0 aliphatic carbocycles. The van der Waals surface area contributed by atoms with E-state index in [1.54, 1.807) is 6.20 Å². The van der Waals surface area contributed by atoms with Gasteiger partial charge in [0.2, 0.25) is 0 Å². The third-order valence-corrected chi connectivity index (χ3v) is 3.30. The lowest BCUT2D eigenvalue weighted by molar-refractivity contribution is 0.195. The smallest absolute Gasteiger partial charge is 0.195 e. The highest BCUT2D eigenvalue weighted by Gasteiger charge is 2.27. The molecule has 4 nitrogen and oxygen atoms in total. The molecule has 1 aliphatic heterocycles. The van der Waals surface area contributed by atoms with Crippen LogP contribution in [0.4, 0.5) is 0 Å². The predicted molar refractivity (Wildman–Crippen MR) is 63.0 cm³/mol.